The van der Waals surface area contributed by atoms with E-state index in [4.69, 9.17) is 37.9 Å². The van der Waals surface area contributed by atoms with Gasteiger partial charge in [-0.15, -0.1) is 0 Å². The van der Waals surface area contributed by atoms with Gasteiger partial charge in [-0.05, 0) is 253 Å². The minimum atomic E-state index is -0.0284. The lowest BCUT2D eigenvalue weighted by molar-refractivity contribution is 0.0504. The van der Waals surface area contributed by atoms with Gasteiger partial charge in [0.15, 0.2) is 27.2 Å². The Morgan fingerprint density at radius 3 is 0.784 bits per heavy atom. The molecular formula is C100H152N4O8P4. The van der Waals surface area contributed by atoms with Crippen LogP contribution < -0.4 is 61.4 Å². The van der Waals surface area contributed by atoms with E-state index in [2.05, 4.69) is 335 Å². The van der Waals surface area contributed by atoms with Gasteiger partial charge in [-0.3, -0.25) is 19.6 Å². The second-order valence-electron chi connectivity index (χ2n) is 34.7. The molecule has 0 aliphatic rings. The Balaban J connectivity index is 0.000000277. The largest absolute Gasteiger partial charge is 0.467 e. The highest BCUT2D eigenvalue weighted by Crippen LogP contribution is 2.40. The third-order valence-corrected chi connectivity index (χ3v) is 27.7. The molecular weight excluding hydrogens is 1510 g/mol. The molecule has 0 aliphatic heterocycles. The van der Waals surface area contributed by atoms with Crippen LogP contribution in [0, 0.1) is 55.4 Å². The fourth-order valence-corrected chi connectivity index (χ4v) is 20.0. The molecule has 4 unspecified atom stereocenters. The van der Waals surface area contributed by atoms with Gasteiger partial charge in [0.25, 0.3) is 0 Å². The molecule has 0 saturated carbocycles. The molecule has 8 aromatic carbocycles. The monoisotopic (exact) mass is 1660 g/mol. The summed E-state index contributed by atoms with van der Waals surface area (Å²) in [6.45, 7) is 76.1. The molecule has 12 nitrogen and oxygen atoms in total. The predicted octanol–water partition coefficient (Wildman–Crippen LogP) is 20.2. The van der Waals surface area contributed by atoms with Crippen LogP contribution in [-0.4, -0.2) is 128 Å². The Bertz CT molecular complexity index is 4260. The van der Waals surface area contributed by atoms with Crippen LogP contribution in [0.5, 0.6) is 23.0 Å². The molecule has 0 amide bonds. The molecule has 0 bridgehead atoms. The zero-order valence-corrected chi connectivity index (χ0v) is 81.9. The third-order valence-electron chi connectivity index (χ3n) is 21.3. The van der Waals surface area contributed by atoms with Gasteiger partial charge >= 0.3 is 0 Å². The second kappa shape index (κ2) is 48.7. The minimum Gasteiger partial charge on any atom is -0.467 e. The number of hydrogen-bond donors (Lipinski definition) is 0. The molecule has 8 rings (SSSR count). The van der Waals surface area contributed by atoms with Gasteiger partial charge in [-0.1, -0.05) is 270 Å². The zero-order valence-electron chi connectivity index (χ0n) is 77.9. The summed E-state index contributed by atoms with van der Waals surface area (Å²) in [5, 5.41) is 10.8. The maximum Gasteiger partial charge on any atom is 0.188 e. The van der Waals surface area contributed by atoms with Crippen LogP contribution in [0.15, 0.2) is 121 Å². The van der Waals surface area contributed by atoms with Crippen LogP contribution in [0.3, 0.4) is 0 Å². The quantitative estimate of drug-likeness (QED) is 0.0277. The molecule has 640 valence electrons. The summed E-state index contributed by atoms with van der Waals surface area (Å²) >= 11 is 0. The van der Waals surface area contributed by atoms with Gasteiger partial charge in [-0.2, -0.15) is 0 Å². The molecule has 0 aliphatic carbocycles. The zero-order chi connectivity index (χ0) is 86.4. The fourth-order valence-electron chi connectivity index (χ4n) is 14.1. The van der Waals surface area contributed by atoms with Crippen molar-refractivity contribution in [3.05, 3.63) is 210 Å². The number of hydrogen-bond acceptors (Lipinski definition) is 12. The van der Waals surface area contributed by atoms with E-state index < -0.39 is 0 Å². The van der Waals surface area contributed by atoms with Crippen molar-refractivity contribution in [2.75, 3.05) is 108 Å². The van der Waals surface area contributed by atoms with Crippen molar-refractivity contribution < 1.29 is 37.9 Å². The lowest BCUT2D eigenvalue weighted by Gasteiger charge is -2.30. The maximum atomic E-state index is 6.26. The van der Waals surface area contributed by atoms with Crippen molar-refractivity contribution in [2.45, 2.75) is 242 Å². The fraction of sp³-hybridized carbons (Fsp3) is 0.520. The van der Waals surface area contributed by atoms with Gasteiger partial charge < -0.3 is 37.9 Å². The molecule has 16 heteroatoms. The first-order chi connectivity index (χ1) is 54.8. The van der Waals surface area contributed by atoms with Crippen LogP contribution >= 0.6 is 34.3 Å². The summed E-state index contributed by atoms with van der Waals surface area (Å²) in [7, 11) is 8.90. The molecule has 0 radical (unpaired) electrons. The Morgan fingerprint density at radius 1 is 0.267 bits per heavy atom. The summed E-state index contributed by atoms with van der Waals surface area (Å²) < 4.78 is 45.3. The van der Waals surface area contributed by atoms with Crippen molar-refractivity contribution >= 4 is 76.8 Å². The summed E-state index contributed by atoms with van der Waals surface area (Å²) in [5.74, 6) is 3.91. The first kappa shape index (κ1) is 101. The van der Waals surface area contributed by atoms with E-state index in [0.717, 1.165) is 102 Å². The van der Waals surface area contributed by atoms with E-state index in [-0.39, 0.29) is 48.8 Å². The number of nitrogens with zero attached hydrogens (tertiary/aromatic N) is 4. The van der Waals surface area contributed by atoms with Crippen LogP contribution in [0.2, 0.25) is 0 Å². The summed E-state index contributed by atoms with van der Waals surface area (Å²) in [6, 6.07) is 45.0. The molecule has 116 heavy (non-hydrogen) atoms. The minimum absolute atomic E-state index is 0.00408. The Kier molecular flexibility index (Phi) is 42.4. The molecule has 4 atom stereocenters. The van der Waals surface area contributed by atoms with E-state index in [0.29, 0.717) is 34.3 Å². The van der Waals surface area contributed by atoms with Crippen LogP contribution in [-0.2, 0) is 66.8 Å². The maximum absolute atomic E-state index is 6.26. The molecule has 8 aromatic rings. The Hall–Kier alpha value is -5.64. The number of ether oxygens (including phenoxy) is 8. The average molecular weight is 1660 g/mol. The van der Waals surface area contributed by atoms with Crippen LogP contribution in [0.1, 0.15) is 227 Å². The second-order valence-corrected chi connectivity index (χ2v) is 39.9. The van der Waals surface area contributed by atoms with E-state index in [1.54, 1.807) is 28.4 Å². The Morgan fingerprint density at radius 2 is 0.509 bits per heavy atom. The predicted molar refractivity (Wildman–Crippen MR) is 511 cm³/mol. The van der Waals surface area contributed by atoms with Gasteiger partial charge in [0.05, 0.1) is 0 Å². The number of methoxy groups -OCH3 is 4. The normalized spacial score (nSPS) is 12.3. The topological polar surface area (TPSA) is 86.8 Å². The molecule has 0 heterocycles. The number of benzene rings is 8. The van der Waals surface area contributed by atoms with Crippen LogP contribution in [0.25, 0.3) is 0 Å². The van der Waals surface area contributed by atoms with E-state index in [1.165, 1.54) is 131 Å². The van der Waals surface area contributed by atoms with Crippen molar-refractivity contribution in [3.63, 3.8) is 0 Å². The SMILES string of the molecule is CCN(CC)Cc1cccc(C)c1Pc1cc(C(C)(C)C)cc(C(C)(C)C)c1OCOC.CCN(CC)Cc1cccc(C)c1Pc1cc(C(C)(C)C)cc(C)c1OCOC.CCN(CC)Cc1cccc(C)c1Pc1cc(C)cc(C(C)(C)C)c1OCOC.CCN(CC)Cc1cccc(C)c1Pc1cc(C)cc(C)c1OCOC. The summed E-state index contributed by atoms with van der Waals surface area (Å²) in [5.41, 5.74) is 21.3. The van der Waals surface area contributed by atoms with Gasteiger partial charge in [0.1, 0.15) is 23.0 Å². The lowest BCUT2D eigenvalue weighted by Crippen LogP contribution is -2.27. The molecule has 0 N–H and O–H groups in total. The standard InChI is InChI=1S/C28H44NO2P.2C25H38NO2P.C22H32NO2P/c1-11-29(12-2)18-21-15-13-14-20(3)26(21)32-24-17-22(27(4,5)6)16-23(28(7,8)9)25(24)31-19-30-10;1-9-26(10-2)16-20-13-11-12-19(4)24(20)29-22-15-18(3)14-21(25(5,6)7)23(22)28-17-27-8;1-9-26(10-2)16-20-13-11-12-18(3)24(20)29-22-15-21(25(5,6)7)14-19(4)23(22)28-17-27-8;1-7-23(8-2)14-19-11-9-10-17(4)22(19)26-20-13-16(3)12-18(5)21(20)25-15-24-6/h13-17,32H,11-12,18-19H2,1-10H3;2*11-15,29H,9-10,16-17H2,1-8H3;9-13,26H,7-8,14-15H2,1-6H3. The van der Waals surface area contributed by atoms with E-state index in [9.17, 15) is 0 Å². The molecule has 0 fully saturated rings. The highest BCUT2D eigenvalue weighted by Gasteiger charge is 2.29. The Labute approximate surface area is 712 Å². The summed E-state index contributed by atoms with van der Waals surface area (Å²) in [6.07, 6.45) is 0. The third kappa shape index (κ3) is 30.5. The first-order valence-corrected chi connectivity index (χ1v) is 46.2. The molecule has 0 saturated heterocycles. The van der Waals surface area contributed by atoms with Gasteiger partial charge in [-0.25, -0.2) is 0 Å². The highest BCUT2D eigenvalue weighted by molar-refractivity contribution is 7.57. The number of rotatable bonds is 36. The van der Waals surface area contributed by atoms with Crippen LogP contribution in [0.4, 0.5) is 0 Å². The number of aryl methyl sites for hydroxylation is 8. The van der Waals surface area contributed by atoms with Gasteiger partial charge in [0.2, 0.25) is 0 Å². The van der Waals surface area contributed by atoms with E-state index >= 15 is 0 Å². The van der Waals surface area contributed by atoms with Crippen molar-refractivity contribution in [3.8, 4) is 23.0 Å². The van der Waals surface area contributed by atoms with Gasteiger partial charge in [0, 0.05) is 87.0 Å². The summed E-state index contributed by atoms with van der Waals surface area (Å²) in [4.78, 5) is 9.90. The lowest BCUT2D eigenvalue weighted by atomic mass is 9.80. The average Bonchev–Trinajstić information content (AvgIpc) is 0.772. The first-order valence-electron chi connectivity index (χ1n) is 42.2. The van der Waals surface area contributed by atoms with Crippen molar-refractivity contribution in [2.24, 2.45) is 0 Å². The molecule has 0 aromatic heterocycles. The highest BCUT2D eigenvalue weighted by atomic mass is 31.1. The smallest absolute Gasteiger partial charge is 0.188 e. The van der Waals surface area contributed by atoms with E-state index in [1.807, 2.05) is 0 Å². The molecule has 0 spiro atoms. The van der Waals surface area contributed by atoms with Crippen molar-refractivity contribution in [1.29, 1.82) is 0 Å². The van der Waals surface area contributed by atoms with Crippen molar-refractivity contribution in [1.82, 2.24) is 19.6 Å².